The van der Waals surface area contributed by atoms with Crippen LogP contribution < -0.4 is 3.71 Å². The zero-order valence-corrected chi connectivity index (χ0v) is 13.9. The van der Waals surface area contributed by atoms with Crippen molar-refractivity contribution in [2.45, 2.75) is 13.0 Å². The van der Waals surface area contributed by atoms with Gasteiger partial charge in [0.15, 0.2) is 0 Å². The number of anilines is 1. The predicted octanol–water partition coefficient (Wildman–Crippen LogP) is 1.15. The van der Waals surface area contributed by atoms with Gasteiger partial charge < -0.3 is 5.11 Å². The molecule has 0 saturated carbocycles. The third-order valence-electron chi connectivity index (χ3n) is 2.49. The van der Waals surface area contributed by atoms with Crippen LogP contribution in [0.25, 0.3) is 0 Å². The Morgan fingerprint density at radius 2 is 1.67 bits per heavy atom. The van der Waals surface area contributed by atoms with E-state index in [1.807, 2.05) is 0 Å². The number of sulfonamides is 2. The summed E-state index contributed by atoms with van der Waals surface area (Å²) < 4.78 is 86.5. The summed E-state index contributed by atoms with van der Waals surface area (Å²) in [6.45, 7) is -1.06. The van der Waals surface area contributed by atoms with E-state index in [4.69, 9.17) is 5.11 Å². The van der Waals surface area contributed by atoms with Gasteiger partial charge in [0.1, 0.15) is 0 Å². The van der Waals surface area contributed by atoms with Gasteiger partial charge in [-0.3, -0.25) is 4.74 Å². The fourth-order valence-electron chi connectivity index (χ4n) is 1.77. The Balaban J connectivity index is 3.54. The average molecular weight is 391 g/mol. The van der Waals surface area contributed by atoms with Crippen molar-refractivity contribution >= 4 is 31.7 Å². The van der Waals surface area contributed by atoms with E-state index < -0.39 is 50.2 Å². The van der Waals surface area contributed by atoms with Crippen molar-refractivity contribution < 1.29 is 44.6 Å². The fraction of sp³-hybridized carbons (Fsp3) is 0.364. The van der Waals surface area contributed by atoms with E-state index in [9.17, 15) is 34.8 Å². The Labute approximate surface area is 135 Å². The molecular weight excluding hydrogens is 379 g/mol. The minimum absolute atomic E-state index is 0.166. The van der Waals surface area contributed by atoms with Crippen LogP contribution in [0.4, 0.5) is 18.9 Å². The zero-order valence-electron chi connectivity index (χ0n) is 12.2. The van der Waals surface area contributed by atoms with Crippen LogP contribution in [0.15, 0.2) is 18.2 Å². The topological polar surface area (TPSA) is 118 Å². The van der Waals surface area contributed by atoms with Crippen molar-refractivity contribution in [2.24, 2.45) is 0 Å². The molecule has 0 amide bonds. The first-order chi connectivity index (χ1) is 10.6. The van der Waals surface area contributed by atoms with Crippen LogP contribution in [0.1, 0.15) is 15.9 Å². The van der Waals surface area contributed by atoms with Gasteiger partial charge in [-0.1, -0.05) is 6.07 Å². The van der Waals surface area contributed by atoms with Gasteiger partial charge in [-0.25, -0.2) is 21.6 Å². The highest BCUT2D eigenvalue weighted by molar-refractivity contribution is 8.09. The Morgan fingerprint density at radius 1 is 1.17 bits per heavy atom. The molecule has 0 aliphatic rings. The van der Waals surface area contributed by atoms with Crippen LogP contribution in [0.3, 0.4) is 0 Å². The number of aromatic carboxylic acids is 1. The van der Waals surface area contributed by atoms with E-state index in [2.05, 4.69) is 4.74 Å². The Bertz CT molecular complexity index is 815. The standard InChI is InChI=1S/C11H12F3NO7S2/c1-23(18,19)15(24(2,20)21)9-5-7(6-22-11(12,13)14)3-4-8(9)10(16)17/h3-5H,6H2,1-2H3,(H,16,17). The molecule has 1 N–H and O–H groups in total. The third kappa shape index (κ3) is 5.35. The van der Waals surface area contributed by atoms with E-state index >= 15 is 0 Å². The number of carboxylic acids is 1. The van der Waals surface area contributed by atoms with Gasteiger partial charge in [0, 0.05) is 0 Å². The maximum Gasteiger partial charge on any atom is 0.522 e. The fourth-order valence-corrected chi connectivity index (χ4v) is 4.75. The molecule has 0 spiro atoms. The number of ether oxygens (including phenoxy) is 1. The molecule has 1 aromatic carbocycles. The van der Waals surface area contributed by atoms with Crippen molar-refractivity contribution in [1.82, 2.24) is 0 Å². The lowest BCUT2D eigenvalue weighted by molar-refractivity contribution is -0.330. The molecule has 0 bridgehead atoms. The van der Waals surface area contributed by atoms with E-state index in [1.54, 1.807) is 0 Å². The van der Waals surface area contributed by atoms with Crippen LogP contribution >= 0.6 is 0 Å². The molecule has 0 saturated heterocycles. The lowest BCUT2D eigenvalue weighted by Gasteiger charge is -2.22. The molecular formula is C11H12F3NO7S2. The predicted molar refractivity (Wildman–Crippen MR) is 76.4 cm³/mol. The van der Waals surface area contributed by atoms with Crippen LogP contribution in [0.2, 0.25) is 0 Å². The van der Waals surface area contributed by atoms with Crippen LogP contribution in [0, 0.1) is 0 Å². The summed E-state index contributed by atoms with van der Waals surface area (Å²) >= 11 is 0. The summed E-state index contributed by atoms with van der Waals surface area (Å²) in [4.78, 5) is 11.2. The van der Waals surface area contributed by atoms with Gasteiger partial charge in [0.2, 0.25) is 20.0 Å². The zero-order chi connectivity index (χ0) is 18.9. The maximum atomic E-state index is 12.1. The quantitative estimate of drug-likeness (QED) is 0.773. The Morgan fingerprint density at radius 3 is 2.04 bits per heavy atom. The Hall–Kier alpha value is -1.86. The summed E-state index contributed by atoms with van der Waals surface area (Å²) in [7, 11) is -8.95. The first-order valence-corrected chi connectivity index (χ1v) is 9.60. The lowest BCUT2D eigenvalue weighted by atomic mass is 10.1. The molecule has 0 aromatic heterocycles. The number of benzene rings is 1. The number of alkyl halides is 3. The van der Waals surface area contributed by atoms with Gasteiger partial charge >= 0.3 is 12.3 Å². The molecule has 136 valence electrons. The number of nitrogens with zero attached hydrogens (tertiary/aromatic N) is 1. The van der Waals surface area contributed by atoms with Crippen molar-refractivity contribution in [3.8, 4) is 0 Å². The molecule has 0 aliphatic carbocycles. The molecule has 13 heteroatoms. The second kappa shape index (κ2) is 6.57. The van der Waals surface area contributed by atoms with Gasteiger partial charge in [-0.05, 0) is 17.7 Å². The molecule has 0 unspecified atom stereocenters. The van der Waals surface area contributed by atoms with E-state index in [-0.39, 0.29) is 9.27 Å². The number of hydrogen-bond acceptors (Lipinski definition) is 6. The summed E-state index contributed by atoms with van der Waals surface area (Å²) in [5.41, 5.74) is -1.80. The van der Waals surface area contributed by atoms with Gasteiger partial charge in [-0.15, -0.1) is 13.2 Å². The highest BCUT2D eigenvalue weighted by Crippen LogP contribution is 2.28. The number of halogens is 3. The van der Waals surface area contributed by atoms with Crippen LogP contribution in [-0.2, 0) is 31.4 Å². The molecule has 0 aliphatic heterocycles. The highest BCUT2D eigenvalue weighted by Gasteiger charge is 2.32. The number of rotatable bonds is 6. The van der Waals surface area contributed by atoms with Crippen LogP contribution in [0.5, 0.6) is 0 Å². The SMILES string of the molecule is CS(=O)(=O)N(c1cc(COC(F)(F)F)ccc1C(=O)O)S(C)(=O)=O. The monoisotopic (exact) mass is 391 g/mol. The summed E-state index contributed by atoms with van der Waals surface area (Å²) in [6.07, 6.45) is -3.95. The Kier molecular flexibility index (Phi) is 5.52. The normalized spacial score (nSPS) is 12.9. The molecule has 1 rings (SSSR count). The largest absolute Gasteiger partial charge is 0.522 e. The van der Waals surface area contributed by atoms with E-state index in [1.165, 1.54) is 0 Å². The summed E-state index contributed by atoms with van der Waals surface area (Å²) in [5.74, 6) is -1.66. The average Bonchev–Trinajstić information content (AvgIpc) is 2.31. The lowest BCUT2D eigenvalue weighted by Crippen LogP contribution is -2.36. The van der Waals surface area contributed by atoms with Crippen molar-refractivity contribution in [1.29, 1.82) is 0 Å². The van der Waals surface area contributed by atoms with E-state index in [0.717, 1.165) is 12.1 Å². The number of carbonyl (C=O) groups is 1. The summed E-state index contributed by atoms with van der Waals surface area (Å²) in [6, 6.07) is 2.43. The highest BCUT2D eigenvalue weighted by atomic mass is 32.3. The molecule has 0 heterocycles. The van der Waals surface area contributed by atoms with Crippen LogP contribution in [-0.4, -0.2) is 46.8 Å². The molecule has 0 fully saturated rings. The first kappa shape index (κ1) is 20.2. The van der Waals surface area contributed by atoms with Crippen molar-refractivity contribution in [2.75, 3.05) is 16.2 Å². The summed E-state index contributed by atoms with van der Waals surface area (Å²) in [5, 5.41) is 9.07. The minimum atomic E-state index is -4.97. The van der Waals surface area contributed by atoms with Gasteiger partial charge in [0.25, 0.3) is 0 Å². The smallest absolute Gasteiger partial charge is 0.478 e. The van der Waals surface area contributed by atoms with E-state index in [0.29, 0.717) is 18.6 Å². The van der Waals surface area contributed by atoms with Crippen molar-refractivity contribution in [3.63, 3.8) is 0 Å². The second-order valence-corrected chi connectivity index (χ2v) is 8.51. The number of hydrogen-bond donors (Lipinski definition) is 1. The third-order valence-corrected chi connectivity index (χ3v) is 5.72. The molecule has 0 atom stereocenters. The van der Waals surface area contributed by atoms with Crippen molar-refractivity contribution in [3.05, 3.63) is 29.3 Å². The first-order valence-electron chi connectivity index (χ1n) is 5.90. The molecule has 8 nitrogen and oxygen atoms in total. The molecule has 24 heavy (non-hydrogen) atoms. The molecule has 1 aromatic rings. The van der Waals surface area contributed by atoms with Gasteiger partial charge in [-0.2, -0.15) is 3.71 Å². The maximum absolute atomic E-state index is 12.1. The number of carboxylic acid groups (broad SMARTS) is 1. The molecule has 0 radical (unpaired) electrons. The minimum Gasteiger partial charge on any atom is -0.478 e. The second-order valence-electron chi connectivity index (χ2n) is 4.61. The van der Waals surface area contributed by atoms with Gasteiger partial charge in [0.05, 0.1) is 30.4 Å².